The zero-order chi connectivity index (χ0) is 12.3. The van der Waals surface area contributed by atoms with Crippen molar-refractivity contribution in [3.05, 3.63) is 54.1 Å². The van der Waals surface area contributed by atoms with Crippen molar-refractivity contribution < 1.29 is 4.39 Å². The monoisotopic (exact) mass is 231 g/mol. The number of nitrogens with zero attached hydrogens (tertiary/aromatic N) is 1. The molecule has 1 unspecified atom stereocenters. The largest absolute Gasteiger partial charge is 0.397 e. The maximum absolute atomic E-state index is 13.1. The first-order valence-corrected chi connectivity index (χ1v) is 5.37. The van der Waals surface area contributed by atoms with Crippen LogP contribution in [0.2, 0.25) is 0 Å². The Balaban J connectivity index is 2.14. The quantitative estimate of drug-likeness (QED) is 0.853. The Morgan fingerprint density at radius 2 is 2.12 bits per heavy atom. The molecule has 0 aliphatic carbocycles. The lowest BCUT2D eigenvalue weighted by molar-refractivity contribution is 0.623. The Morgan fingerprint density at radius 3 is 2.82 bits per heavy atom. The predicted octanol–water partition coefficient (Wildman–Crippen LogP) is 2.98. The lowest BCUT2D eigenvalue weighted by Crippen LogP contribution is -2.07. The molecular weight excluding hydrogens is 217 g/mol. The van der Waals surface area contributed by atoms with Gasteiger partial charge in [0.05, 0.1) is 17.6 Å². The Morgan fingerprint density at radius 1 is 1.29 bits per heavy atom. The van der Waals surface area contributed by atoms with Gasteiger partial charge in [-0.05, 0) is 30.7 Å². The average molecular weight is 231 g/mol. The van der Waals surface area contributed by atoms with Crippen LogP contribution in [0.3, 0.4) is 0 Å². The topological polar surface area (TPSA) is 50.9 Å². The summed E-state index contributed by atoms with van der Waals surface area (Å²) in [6.07, 6.45) is 3.27. The van der Waals surface area contributed by atoms with Gasteiger partial charge >= 0.3 is 0 Å². The van der Waals surface area contributed by atoms with Gasteiger partial charge in [-0.25, -0.2) is 4.39 Å². The van der Waals surface area contributed by atoms with E-state index in [9.17, 15) is 4.39 Å². The summed E-state index contributed by atoms with van der Waals surface area (Å²) in [6, 6.07) is 8.30. The van der Waals surface area contributed by atoms with E-state index in [0.29, 0.717) is 5.69 Å². The molecule has 17 heavy (non-hydrogen) atoms. The molecule has 0 radical (unpaired) electrons. The summed E-state index contributed by atoms with van der Waals surface area (Å²) >= 11 is 0. The molecule has 2 aromatic rings. The maximum atomic E-state index is 13.1. The SMILES string of the molecule is CC(Nc1cncc(N)c1)c1cccc(F)c1. The van der Waals surface area contributed by atoms with E-state index in [1.807, 2.05) is 13.0 Å². The van der Waals surface area contributed by atoms with Crippen LogP contribution in [0, 0.1) is 5.82 Å². The fourth-order valence-corrected chi connectivity index (χ4v) is 1.65. The van der Waals surface area contributed by atoms with Crippen molar-refractivity contribution >= 4 is 11.4 Å². The van der Waals surface area contributed by atoms with Gasteiger partial charge in [0, 0.05) is 12.2 Å². The molecule has 88 valence electrons. The number of hydrogen-bond acceptors (Lipinski definition) is 3. The Labute approximate surface area is 99.5 Å². The molecular formula is C13H14FN3. The first-order chi connectivity index (χ1) is 8.15. The summed E-state index contributed by atoms with van der Waals surface area (Å²) in [5.74, 6) is -0.234. The van der Waals surface area contributed by atoms with Gasteiger partial charge in [0.15, 0.2) is 0 Å². The highest BCUT2D eigenvalue weighted by molar-refractivity contribution is 5.52. The minimum atomic E-state index is -0.234. The number of nitrogen functional groups attached to an aromatic ring is 1. The molecule has 0 amide bonds. The zero-order valence-corrected chi connectivity index (χ0v) is 9.52. The van der Waals surface area contributed by atoms with Crippen molar-refractivity contribution in [3.8, 4) is 0 Å². The zero-order valence-electron chi connectivity index (χ0n) is 9.52. The van der Waals surface area contributed by atoms with Crippen LogP contribution in [0.4, 0.5) is 15.8 Å². The van der Waals surface area contributed by atoms with Gasteiger partial charge in [0.2, 0.25) is 0 Å². The molecule has 0 fully saturated rings. The minimum absolute atomic E-state index is 0.00528. The Hall–Kier alpha value is -2.10. The molecule has 1 aromatic carbocycles. The lowest BCUT2D eigenvalue weighted by atomic mass is 10.1. The van der Waals surface area contributed by atoms with Crippen molar-refractivity contribution in [1.29, 1.82) is 0 Å². The number of benzene rings is 1. The fourth-order valence-electron chi connectivity index (χ4n) is 1.65. The van der Waals surface area contributed by atoms with E-state index in [-0.39, 0.29) is 11.9 Å². The van der Waals surface area contributed by atoms with E-state index in [1.165, 1.54) is 12.1 Å². The van der Waals surface area contributed by atoms with E-state index in [0.717, 1.165) is 11.3 Å². The number of nitrogens with two attached hydrogens (primary N) is 1. The van der Waals surface area contributed by atoms with E-state index in [4.69, 9.17) is 5.73 Å². The smallest absolute Gasteiger partial charge is 0.123 e. The van der Waals surface area contributed by atoms with E-state index >= 15 is 0 Å². The van der Waals surface area contributed by atoms with Gasteiger partial charge in [0.25, 0.3) is 0 Å². The normalized spacial score (nSPS) is 12.1. The molecule has 0 aliphatic rings. The highest BCUT2D eigenvalue weighted by Crippen LogP contribution is 2.20. The van der Waals surface area contributed by atoms with Crippen molar-refractivity contribution in [2.75, 3.05) is 11.1 Å². The molecule has 0 saturated carbocycles. The predicted molar refractivity (Wildman–Crippen MR) is 67.1 cm³/mol. The van der Waals surface area contributed by atoms with E-state index < -0.39 is 0 Å². The van der Waals surface area contributed by atoms with Crippen LogP contribution in [-0.2, 0) is 0 Å². The van der Waals surface area contributed by atoms with Gasteiger partial charge < -0.3 is 11.1 Å². The number of pyridine rings is 1. The fraction of sp³-hybridized carbons (Fsp3) is 0.154. The molecule has 3 nitrogen and oxygen atoms in total. The van der Waals surface area contributed by atoms with Crippen LogP contribution < -0.4 is 11.1 Å². The second kappa shape index (κ2) is 4.82. The maximum Gasteiger partial charge on any atom is 0.123 e. The average Bonchev–Trinajstić information content (AvgIpc) is 2.29. The van der Waals surface area contributed by atoms with Crippen LogP contribution in [0.1, 0.15) is 18.5 Å². The second-order valence-electron chi connectivity index (χ2n) is 3.93. The van der Waals surface area contributed by atoms with Crippen LogP contribution >= 0.6 is 0 Å². The third-order valence-corrected chi connectivity index (χ3v) is 2.49. The van der Waals surface area contributed by atoms with Crippen molar-refractivity contribution in [2.45, 2.75) is 13.0 Å². The van der Waals surface area contributed by atoms with Gasteiger partial charge in [-0.2, -0.15) is 0 Å². The van der Waals surface area contributed by atoms with Crippen LogP contribution in [0.5, 0.6) is 0 Å². The molecule has 2 rings (SSSR count). The first kappa shape index (κ1) is 11.4. The van der Waals surface area contributed by atoms with E-state index in [1.54, 1.807) is 24.5 Å². The molecule has 1 atom stereocenters. The van der Waals surface area contributed by atoms with Gasteiger partial charge in [-0.15, -0.1) is 0 Å². The summed E-state index contributed by atoms with van der Waals surface area (Å²) in [5, 5.41) is 3.22. The van der Waals surface area contributed by atoms with Gasteiger partial charge in [-0.1, -0.05) is 12.1 Å². The first-order valence-electron chi connectivity index (χ1n) is 5.37. The number of aromatic nitrogens is 1. The third-order valence-electron chi connectivity index (χ3n) is 2.49. The molecule has 0 spiro atoms. The summed E-state index contributed by atoms with van der Waals surface area (Å²) < 4.78 is 13.1. The van der Waals surface area contributed by atoms with Crippen LogP contribution in [0.25, 0.3) is 0 Å². The third kappa shape index (κ3) is 2.93. The molecule has 0 aliphatic heterocycles. The van der Waals surface area contributed by atoms with Gasteiger partial charge in [0.1, 0.15) is 5.82 Å². The molecule has 1 heterocycles. The number of halogens is 1. The van der Waals surface area contributed by atoms with Crippen molar-refractivity contribution in [2.24, 2.45) is 0 Å². The minimum Gasteiger partial charge on any atom is -0.397 e. The van der Waals surface area contributed by atoms with Gasteiger partial charge in [-0.3, -0.25) is 4.98 Å². The summed E-state index contributed by atoms with van der Waals surface area (Å²) in [5.41, 5.74) is 7.94. The number of anilines is 2. The molecule has 1 aromatic heterocycles. The summed E-state index contributed by atoms with van der Waals surface area (Å²) in [6.45, 7) is 1.96. The Bertz CT molecular complexity index is 514. The number of rotatable bonds is 3. The highest BCUT2D eigenvalue weighted by atomic mass is 19.1. The number of nitrogens with one attached hydrogen (secondary N) is 1. The molecule has 3 N–H and O–H groups in total. The lowest BCUT2D eigenvalue weighted by Gasteiger charge is -2.15. The van der Waals surface area contributed by atoms with Crippen LogP contribution in [0.15, 0.2) is 42.7 Å². The highest BCUT2D eigenvalue weighted by Gasteiger charge is 2.06. The summed E-state index contributed by atoms with van der Waals surface area (Å²) in [4.78, 5) is 3.99. The van der Waals surface area contributed by atoms with Crippen molar-refractivity contribution in [1.82, 2.24) is 4.98 Å². The van der Waals surface area contributed by atoms with E-state index in [2.05, 4.69) is 10.3 Å². The standard InChI is InChI=1S/C13H14FN3/c1-9(10-3-2-4-11(14)5-10)17-13-6-12(15)7-16-8-13/h2-9,17H,15H2,1H3. The second-order valence-corrected chi connectivity index (χ2v) is 3.93. The Kier molecular flexibility index (Phi) is 3.23. The number of hydrogen-bond donors (Lipinski definition) is 2. The van der Waals surface area contributed by atoms with Crippen LogP contribution in [-0.4, -0.2) is 4.98 Å². The molecule has 0 bridgehead atoms. The van der Waals surface area contributed by atoms with Crippen molar-refractivity contribution in [3.63, 3.8) is 0 Å². The molecule has 4 heteroatoms. The molecule has 0 saturated heterocycles. The summed E-state index contributed by atoms with van der Waals surface area (Å²) in [7, 11) is 0.